The fourth-order valence-electron chi connectivity index (χ4n) is 2.56. The quantitative estimate of drug-likeness (QED) is 0.800. The molecule has 0 aliphatic heterocycles. The van der Waals surface area contributed by atoms with Crippen LogP contribution >= 0.6 is 0 Å². The summed E-state index contributed by atoms with van der Waals surface area (Å²) >= 11 is 0. The number of methoxy groups -OCH3 is 1. The van der Waals surface area contributed by atoms with E-state index in [1.165, 1.54) is 11.1 Å². The fraction of sp³-hybridized carbons (Fsp3) is 0.350. The van der Waals surface area contributed by atoms with E-state index in [9.17, 15) is 4.79 Å². The molecule has 2 aromatic rings. The molecule has 0 aromatic heterocycles. The van der Waals surface area contributed by atoms with Crippen molar-refractivity contribution < 1.29 is 14.3 Å². The molecule has 25 heavy (non-hydrogen) atoms. The van der Waals surface area contributed by atoms with E-state index in [1.54, 1.807) is 13.2 Å². The summed E-state index contributed by atoms with van der Waals surface area (Å²) in [5, 5.41) is 2.87. The summed E-state index contributed by atoms with van der Waals surface area (Å²) in [6, 6.07) is 13.5. The largest absolute Gasteiger partial charge is 0.497 e. The molecule has 0 unspecified atom stereocenters. The average Bonchev–Trinajstić information content (AvgIpc) is 2.54. The molecule has 0 spiro atoms. The topological polar surface area (TPSA) is 50.8 Å². The van der Waals surface area contributed by atoms with Crippen LogP contribution in [-0.4, -0.2) is 44.7 Å². The minimum Gasteiger partial charge on any atom is -0.497 e. The van der Waals surface area contributed by atoms with E-state index in [-0.39, 0.29) is 5.91 Å². The molecule has 0 saturated heterocycles. The Balaban J connectivity index is 1.75. The van der Waals surface area contributed by atoms with Gasteiger partial charge in [-0.1, -0.05) is 12.1 Å². The Morgan fingerprint density at radius 1 is 1.08 bits per heavy atom. The van der Waals surface area contributed by atoms with Crippen molar-refractivity contribution in [3.8, 4) is 11.5 Å². The van der Waals surface area contributed by atoms with E-state index in [4.69, 9.17) is 9.47 Å². The summed E-state index contributed by atoms with van der Waals surface area (Å²) in [5.74, 6) is 1.52. The van der Waals surface area contributed by atoms with Crippen molar-refractivity contribution in [3.63, 3.8) is 0 Å². The minimum atomic E-state index is -0.0675. The maximum Gasteiger partial charge on any atom is 0.238 e. The molecule has 0 bridgehead atoms. The van der Waals surface area contributed by atoms with Gasteiger partial charge >= 0.3 is 0 Å². The molecule has 2 rings (SSSR count). The second kappa shape index (κ2) is 9.08. The second-order valence-corrected chi connectivity index (χ2v) is 6.19. The molecule has 0 saturated carbocycles. The summed E-state index contributed by atoms with van der Waals surface area (Å²) in [5.41, 5.74) is 3.09. The number of benzene rings is 2. The lowest BCUT2D eigenvalue weighted by Gasteiger charge is -2.17. The van der Waals surface area contributed by atoms with Gasteiger partial charge in [0.05, 0.1) is 13.7 Å². The standard InChI is InChI=1S/C20H26N2O3/c1-15-10-16(2)12-19(11-15)25-9-8-22(3)14-20(23)21-17-6-5-7-18(13-17)24-4/h5-7,10-13H,8-9,14H2,1-4H3,(H,21,23). The van der Waals surface area contributed by atoms with Crippen molar-refractivity contribution in [2.24, 2.45) is 0 Å². The van der Waals surface area contributed by atoms with Gasteiger partial charge in [0.1, 0.15) is 18.1 Å². The molecule has 0 aliphatic rings. The maximum absolute atomic E-state index is 12.1. The monoisotopic (exact) mass is 342 g/mol. The fourth-order valence-corrected chi connectivity index (χ4v) is 2.56. The molecule has 1 amide bonds. The van der Waals surface area contributed by atoms with E-state index < -0.39 is 0 Å². The number of amides is 1. The van der Waals surface area contributed by atoms with Crippen LogP contribution in [-0.2, 0) is 4.79 Å². The van der Waals surface area contributed by atoms with E-state index in [2.05, 4.69) is 25.2 Å². The number of nitrogens with one attached hydrogen (secondary N) is 1. The first-order valence-corrected chi connectivity index (χ1v) is 8.30. The van der Waals surface area contributed by atoms with Gasteiger partial charge in [-0.3, -0.25) is 9.69 Å². The van der Waals surface area contributed by atoms with Crippen LogP contribution in [0.1, 0.15) is 11.1 Å². The Morgan fingerprint density at radius 3 is 2.48 bits per heavy atom. The number of rotatable bonds is 8. The van der Waals surface area contributed by atoms with E-state index in [1.807, 2.05) is 42.3 Å². The lowest BCUT2D eigenvalue weighted by molar-refractivity contribution is -0.117. The summed E-state index contributed by atoms with van der Waals surface area (Å²) in [4.78, 5) is 14.0. The van der Waals surface area contributed by atoms with Crippen LogP contribution < -0.4 is 14.8 Å². The van der Waals surface area contributed by atoms with Crippen molar-refractivity contribution in [1.29, 1.82) is 0 Å². The molecule has 0 aliphatic carbocycles. The van der Waals surface area contributed by atoms with Crippen molar-refractivity contribution in [2.75, 3.05) is 39.2 Å². The molecule has 2 aromatic carbocycles. The highest BCUT2D eigenvalue weighted by molar-refractivity contribution is 5.92. The predicted octanol–water partition coefficient (Wildman–Crippen LogP) is 3.26. The van der Waals surface area contributed by atoms with Gasteiger partial charge in [0.25, 0.3) is 0 Å². The molecular weight excluding hydrogens is 316 g/mol. The number of carbonyl (C=O) groups excluding carboxylic acids is 1. The Hall–Kier alpha value is -2.53. The van der Waals surface area contributed by atoms with Gasteiger partial charge in [-0.2, -0.15) is 0 Å². The first-order valence-electron chi connectivity index (χ1n) is 8.30. The third kappa shape index (κ3) is 6.47. The first kappa shape index (κ1) is 18.8. The van der Waals surface area contributed by atoms with Gasteiger partial charge in [0.15, 0.2) is 0 Å². The number of carbonyl (C=O) groups is 1. The summed E-state index contributed by atoms with van der Waals surface area (Å²) in [6.45, 7) is 5.60. The highest BCUT2D eigenvalue weighted by atomic mass is 16.5. The number of anilines is 1. The van der Waals surface area contributed by atoms with Gasteiger partial charge in [0, 0.05) is 18.3 Å². The van der Waals surface area contributed by atoms with Crippen LogP contribution in [0.5, 0.6) is 11.5 Å². The number of ether oxygens (including phenoxy) is 2. The van der Waals surface area contributed by atoms with E-state index in [0.29, 0.717) is 25.4 Å². The van der Waals surface area contributed by atoms with Crippen LogP contribution in [0, 0.1) is 13.8 Å². The average molecular weight is 342 g/mol. The molecule has 0 fully saturated rings. The molecule has 5 nitrogen and oxygen atoms in total. The van der Waals surface area contributed by atoms with Crippen LogP contribution in [0.15, 0.2) is 42.5 Å². The molecule has 0 radical (unpaired) electrons. The van der Waals surface area contributed by atoms with Crippen LogP contribution in [0.3, 0.4) is 0 Å². The smallest absolute Gasteiger partial charge is 0.238 e. The zero-order valence-corrected chi connectivity index (χ0v) is 15.3. The number of hydrogen-bond donors (Lipinski definition) is 1. The van der Waals surface area contributed by atoms with Gasteiger partial charge in [0.2, 0.25) is 5.91 Å². The molecule has 5 heteroatoms. The highest BCUT2D eigenvalue weighted by Gasteiger charge is 2.08. The highest BCUT2D eigenvalue weighted by Crippen LogP contribution is 2.17. The van der Waals surface area contributed by atoms with Gasteiger partial charge in [-0.25, -0.2) is 0 Å². The molecule has 1 N–H and O–H groups in total. The summed E-state index contributed by atoms with van der Waals surface area (Å²) < 4.78 is 10.9. The molecular formula is C20H26N2O3. The second-order valence-electron chi connectivity index (χ2n) is 6.19. The van der Waals surface area contributed by atoms with Gasteiger partial charge in [-0.15, -0.1) is 0 Å². The van der Waals surface area contributed by atoms with Crippen LogP contribution in [0.4, 0.5) is 5.69 Å². The Morgan fingerprint density at radius 2 is 1.80 bits per heavy atom. The third-order valence-electron chi connectivity index (χ3n) is 3.70. The van der Waals surface area contributed by atoms with Crippen molar-refractivity contribution in [2.45, 2.75) is 13.8 Å². The summed E-state index contributed by atoms with van der Waals surface area (Å²) in [7, 11) is 3.50. The number of nitrogens with zero attached hydrogens (tertiary/aromatic N) is 1. The SMILES string of the molecule is COc1cccc(NC(=O)CN(C)CCOc2cc(C)cc(C)c2)c1. The van der Waals surface area contributed by atoms with Crippen molar-refractivity contribution in [1.82, 2.24) is 4.90 Å². The number of aryl methyl sites for hydroxylation is 2. The van der Waals surface area contributed by atoms with E-state index in [0.717, 1.165) is 11.4 Å². The lowest BCUT2D eigenvalue weighted by atomic mass is 10.1. The molecule has 134 valence electrons. The Labute approximate surface area is 149 Å². The normalized spacial score (nSPS) is 10.6. The predicted molar refractivity (Wildman–Crippen MR) is 101 cm³/mol. The molecule has 0 atom stereocenters. The van der Waals surface area contributed by atoms with E-state index >= 15 is 0 Å². The van der Waals surface area contributed by atoms with Crippen LogP contribution in [0.2, 0.25) is 0 Å². The first-order chi connectivity index (χ1) is 12.0. The van der Waals surface area contributed by atoms with Crippen LogP contribution in [0.25, 0.3) is 0 Å². The maximum atomic E-state index is 12.1. The lowest BCUT2D eigenvalue weighted by Crippen LogP contribution is -2.33. The minimum absolute atomic E-state index is 0.0675. The van der Waals surface area contributed by atoms with Crippen molar-refractivity contribution >= 4 is 11.6 Å². The number of likely N-dealkylation sites (N-methyl/N-ethyl adjacent to an activating group) is 1. The van der Waals surface area contributed by atoms with Gasteiger partial charge < -0.3 is 14.8 Å². The Kier molecular flexibility index (Phi) is 6.83. The zero-order chi connectivity index (χ0) is 18.2. The number of hydrogen-bond acceptors (Lipinski definition) is 4. The molecule has 0 heterocycles. The Bertz CT molecular complexity index is 696. The van der Waals surface area contributed by atoms with Crippen molar-refractivity contribution in [3.05, 3.63) is 53.6 Å². The zero-order valence-electron chi connectivity index (χ0n) is 15.3. The third-order valence-corrected chi connectivity index (χ3v) is 3.70. The van der Waals surface area contributed by atoms with Gasteiger partial charge in [-0.05, 0) is 56.3 Å². The summed E-state index contributed by atoms with van der Waals surface area (Å²) in [6.07, 6.45) is 0.